The van der Waals surface area contributed by atoms with Crippen molar-refractivity contribution in [3.63, 3.8) is 0 Å². The quantitative estimate of drug-likeness (QED) is 0.666. The number of fused-ring (bicyclic) bond motifs is 3. The van der Waals surface area contributed by atoms with E-state index >= 15 is 0 Å². The molecule has 1 saturated heterocycles. The topological polar surface area (TPSA) is 48.0 Å². The minimum atomic E-state index is -1.38. The fraction of sp³-hybridized carbons (Fsp3) is 0.227. The number of anilines is 1. The van der Waals surface area contributed by atoms with Gasteiger partial charge >= 0.3 is 0 Å². The van der Waals surface area contributed by atoms with Crippen LogP contribution in [0.3, 0.4) is 0 Å². The van der Waals surface area contributed by atoms with E-state index in [0.29, 0.717) is 37.0 Å². The van der Waals surface area contributed by atoms with E-state index in [1.165, 1.54) is 0 Å². The van der Waals surface area contributed by atoms with E-state index in [-0.39, 0.29) is 5.91 Å². The molecule has 1 amide bonds. The Morgan fingerprint density at radius 2 is 1.82 bits per heavy atom. The molecule has 3 aromatic rings. The van der Waals surface area contributed by atoms with Crippen LogP contribution in [0.25, 0.3) is 10.8 Å². The van der Waals surface area contributed by atoms with Gasteiger partial charge in [-0.05, 0) is 29.7 Å². The second kappa shape index (κ2) is 6.78. The molecule has 3 aromatic carbocycles. The normalized spacial score (nSPS) is 17.5. The van der Waals surface area contributed by atoms with Crippen LogP contribution in [0.5, 0.6) is 5.75 Å². The first-order chi connectivity index (χ1) is 13.7. The van der Waals surface area contributed by atoms with E-state index < -0.39 is 5.79 Å². The first-order valence-corrected chi connectivity index (χ1v) is 9.57. The van der Waals surface area contributed by atoms with Gasteiger partial charge in [-0.2, -0.15) is 0 Å². The fourth-order valence-electron chi connectivity index (χ4n) is 3.89. The Bertz CT molecular complexity index is 1060. The summed E-state index contributed by atoms with van der Waals surface area (Å²) in [6, 6.07) is 19.3. The summed E-state index contributed by atoms with van der Waals surface area (Å²) in [7, 11) is 0. The van der Waals surface area contributed by atoms with Crippen molar-refractivity contribution in [2.45, 2.75) is 5.79 Å². The molecule has 2 heterocycles. The van der Waals surface area contributed by atoms with Crippen molar-refractivity contribution in [1.82, 2.24) is 0 Å². The lowest BCUT2D eigenvalue weighted by Crippen LogP contribution is -2.42. The molecule has 2 aliphatic rings. The highest BCUT2D eigenvalue weighted by Crippen LogP contribution is 2.46. The molecule has 6 heteroatoms. The Morgan fingerprint density at radius 1 is 1.04 bits per heavy atom. The Morgan fingerprint density at radius 3 is 2.68 bits per heavy atom. The van der Waals surface area contributed by atoms with E-state index in [1.54, 1.807) is 17.0 Å². The monoisotopic (exact) mass is 395 g/mol. The van der Waals surface area contributed by atoms with Crippen molar-refractivity contribution in [2.24, 2.45) is 0 Å². The molecule has 142 valence electrons. The zero-order chi connectivity index (χ0) is 19.1. The van der Waals surface area contributed by atoms with Gasteiger partial charge in [0.1, 0.15) is 12.4 Å². The van der Waals surface area contributed by atoms with Crippen molar-refractivity contribution >= 4 is 34.0 Å². The molecule has 0 saturated carbocycles. The molecule has 5 rings (SSSR count). The highest BCUT2D eigenvalue weighted by molar-refractivity contribution is 6.31. The standard InChI is InChI=1S/C22H18ClNO4/c23-16-8-9-19-18(14-16)22(27-12-13-28-22)21(25)24(19)10-11-26-20-7-3-5-15-4-1-2-6-17(15)20/h1-9,14H,10-13H2. The van der Waals surface area contributed by atoms with Crippen LogP contribution in [0.2, 0.25) is 5.02 Å². The van der Waals surface area contributed by atoms with E-state index in [4.69, 9.17) is 25.8 Å². The minimum absolute atomic E-state index is 0.233. The van der Waals surface area contributed by atoms with Crippen molar-refractivity contribution < 1.29 is 19.0 Å². The van der Waals surface area contributed by atoms with Gasteiger partial charge in [-0.3, -0.25) is 4.79 Å². The SMILES string of the molecule is O=C1N(CCOc2cccc3ccccc23)c2ccc(Cl)cc2C12OCCO2. The van der Waals surface area contributed by atoms with Crippen molar-refractivity contribution in [2.75, 3.05) is 31.3 Å². The average Bonchev–Trinajstić information content (AvgIpc) is 3.29. The highest BCUT2D eigenvalue weighted by atomic mass is 35.5. The summed E-state index contributed by atoms with van der Waals surface area (Å²) >= 11 is 6.15. The van der Waals surface area contributed by atoms with Crippen LogP contribution in [0, 0.1) is 0 Å². The van der Waals surface area contributed by atoms with Crippen LogP contribution in [-0.2, 0) is 20.1 Å². The van der Waals surface area contributed by atoms with Gasteiger partial charge in [-0.1, -0.05) is 48.0 Å². The van der Waals surface area contributed by atoms with Crippen molar-refractivity contribution in [1.29, 1.82) is 0 Å². The lowest BCUT2D eigenvalue weighted by atomic mass is 10.1. The third-order valence-corrected chi connectivity index (χ3v) is 5.38. The molecule has 0 bridgehead atoms. The number of ether oxygens (including phenoxy) is 3. The molecule has 2 aliphatic heterocycles. The number of carbonyl (C=O) groups is 1. The van der Waals surface area contributed by atoms with Crippen molar-refractivity contribution in [3.8, 4) is 5.75 Å². The Balaban J connectivity index is 1.39. The molecule has 0 aliphatic carbocycles. The fourth-order valence-corrected chi connectivity index (χ4v) is 4.06. The van der Waals surface area contributed by atoms with Crippen LogP contribution in [0.15, 0.2) is 60.7 Å². The smallest absolute Gasteiger partial charge is 0.292 e. The summed E-state index contributed by atoms with van der Waals surface area (Å²) in [5.41, 5.74) is 1.41. The van der Waals surface area contributed by atoms with Gasteiger partial charge in [0, 0.05) is 16.0 Å². The van der Waals surface area contributed by atoms with E-state index in [0.717, 1.165) is 22.2 Å². The maximum absolute atomic E-state index is 13.1. The molecule has 1 fully saturated rings. The van der Waals surface area contributed by atoms with Gasteiger partial charge < -0.3 is 19.1 Å². The zero-order valence-electron chi connectivity index (χ0n) is 15.1. The van der Waals surface area contributed by atoms with Crippen LogP contribution in [0.1, 0.15) is 5.56 Å². The maximum atomic E-state index is 13.1. The van der Waals surface area contributed by atoms with Gasteiger partial charge in [0.2, 0.25) is 0 Å². The minimum Gasteiger partial charge on any atom is -0.491 e. The van der Waals surface area contributed by atoms with E-state index in [1.807, 2.05) is 48.5 Å². The summed E-state index contributed by atoms with van der Waals surface area (Å²) < 4.78 is 17.5. The number of rotatable bonds is 4. The largest absolute Gasteiger partial charge is 0.491 e. The number of nitrogens with zero attached hydrogens (tertiary/aromatic N) is 1. The van der Waals surface area contributed by atoms with Crippen LogP contribution in [-0.4, -0.2) is 32.3 Å². The molecule has 0 atom stereocenters. The predicted molar refractivity (Wildman–Crippen MR) is 107 cm³/mol. The molecular weight excluding hydrogens is 378 g/mol. The maximum Gasteiger partial charge on any atom is 0.292 e. The first kappa shape index (κ1) is 17.5. The van der Waals surface area contributed by atoms with Gasteiger partial charge in [0.25, 0.3) is 11.7 Å². The van der Waals surface area contributed by atoms with Crippen LogP contribution in [0.4, 0.5) is 5.69 Å². The van der Waals surface area contributed by atoms with Crippen molar-refractivity contribution in [3.05, 3.63) is 71.2 Å². The molecular formula is C22H18ClNO4. The van der Waals surface area contributed by atoms with Crippen LogP contribution >= 0.6 is 11.6 Å². The molecule has 0 aromatic heterocycles. The van der Waals surface area contributed by atoms with Gasteiger partial charge in [-0.15, -0.1) is 0 Å². The third-order valence-electron chi connectivity index (χ3n) is 5.15. The second-order valence-corrected chi connectivity index (χ2v) is 7.19. The molecule has 1 spiro atoms. The van der Waals surface area contributed by atoms with Gasteiger partial charge in [-0.25, -0.2) is 0 Å². The lowest BCUT2D eigenvalue weighted by molar-refractivity contribution is -0.180. The number of benzene rings is 3. The molecule has 0 unspecified atom stereocenters. The molecule has 5 nitrogen and oxygen atoms in total. The van der Waals surface area contributed by atoms with Gasteiger partial charge in [0.15, 0.2) is 0 Å². The number of hydrogen-bond acceptors (Lipinski definition) is 4. The zero-order valence-corrected chi connectivity index (χ0v) is 15.8. The summed E-state index contributed by atoms with van der Waals surface area (Å²) in [6.45, 7) is 1.47. The Hall–Kier alpha value is -2.60. The predicted octanol–water partition coefficient (Wildman–Crippen LogP) is 4.12. The van der Waals surface area contributed by atoms with Gasteiger partial charge in [0.05, 0.1) is 25.4 Å². The van der Waals surface area contributed by atoms with E-state index in [9.17, 15) is 4.79 Å². The summed E-state index contributed by atoms with van der Waals surface area (Å²) in [6.07, 6.45) is 0. The lowest BCUT2D eigenvalue weighted by Gasteiger charge is -2.22. The van der Waals surface area contributed by atoms with Crippen LogP contribution < -0.4 is 9.64 Å². The summed E-state index contributed by atoms with van der Waals surface area (Å²) in [4.78, 5) is 14.8. The summed E-state index contributed by atoms with van der Waals surface area (Å²) in [5, 5.41) is 2.70. The Kier molecular flexibility index (Phi) is 4.23. The molecule has 0 radical (unpaired) electrons. The number of amides is 1. The summed E-state index contributed by atoms with van der Waals surface area (Å²) in [5.74, 6) is -0.812. The highest BCUT2D eigenvalue weighted by Gasteiger charge is 2.56. The molecule has 28 heavy (non-hydrogen) atoms. The third kappa shape index (κ3) is 2.66. The number of hydrogen-bond donors (Lipinski definition) is 0. The first-order valence-electron chi connectivity index (χ1n) is 9.19. The second-order valence-electron chi connectivity index (χ2n) is 6.76. The number of carbonyl (C=O) groups excluding carboxylic acids is 1. The van der Waals surface area contributed by atoms with E-state index in [2.05, 4.69) is 0 Å². The molecule has 0 N–H and O–H groups in total. The Labute approximate surface area is 167 Å². The number of halogens is 1. The average molecular weight is 396 g/mol.